The molecule has 0 radical (unpaired) electrons. The number of amides is 1. The van der Waals surface area contributed by atoms with Crippen molar-refractivity contribution in [2.45, 2.75) is 12.8 Å². The van der Waals surface area contributed by atoms with E-state index in [1.54, 1.807) is 53.4 Å². The predicted octanol–water partition coefficient (Wildman–Crippen LogP) is 3.70. The van der Waals surface area contributed by atoms with Crippen LogP contribution >= 0.6 is 11.6 Å². The van der Waals surface area contributed by atoms with E-state index in [1.165, 1.54) is 0 Å². The van der Waals surface area contributed by atoms with Crippen molar-refractivity contribution >= 4 is 29.2 Å². The third-order valence-corrected chi connectivity index (χ3v) is 4.14. The number of nitrogens with zero attached hydrogens (tertiary/aromatic N) is 1. The monoisotopic (exact) mass is 359 g/mol. The topological polar surface area (TPSA) is 55.8 Å². The molecular weight excluding hydrogens is 342 g/mol. The average Bonchev–Trinajstić information content (AvgIpc) is 3.06. The van der Waals surface area contributed by atoms with Crippen LogP contribution in [0.15, 0.2) is 48.5 Å². The minimum absolute atomic E-state index is 0.0336. The van der Waals surface area contributed by atoms with E-state index in [2.05, 4.69) is 0 Å². The highest BCUT2D eigenvalue weighted by molar-refractivity contribution is 6.30. The standard InChI is InChI=1S/C19H18ClNO4/c20-14-7-9-15(10-8-14)24-12-13-25-19(23)16-4-1-2-5-17(16)21-11-3-6-18(21)22/h1-2,4-5,7-10H,3,6,11-13H2. The molecule has 2 aromatic carbocycles. The fourth-order valence-corrected chi connectivity index (χ4v) is 2.81. The maximum absolute atomic E-state index is 12.4. The van der Waals surface area contributed by atoms with Gasteiger partial charge in [-0.1, -0.05) is 23.7 Å². The molecule has 0 unspecified atom stereocenters. The number of carbonyl (C=O) groups excluding carboxylic acids is 2. The number of hydrogen-bond acceptors (Lipinski definition) is 4. The van der Waals surface area contributed by atoms with Gasteiger partial charge in [-0.15, -0.1) is 0 Å². The molecule has 1 amide bonds. The van der Waals surface area contributed by atoms with Crippen LogP contribution in [0.3, 0.4) is 0 Å². The molecule has 2 aromatic rings. The zero-order valence-corrected chi connectivity index (χ0v) is 14.4. The number of esters is 1. The largest absolute Gasteiger partial charge is 0.490 e. The van der Waals surface area contributed by atoms with E-state index in [1.807, 2.05) is 0 Å². The van der Waals surface area contributed by atoms with Crippen LogP contribution < -0.4 is 9.64 Å². The van der Waals surface area contributed by atoms with Crippen LogP contribution in [0.2, 0.25) is 5.02 Å². The molecule has 1 saturated heterocycles. The van der Waals surface area contributed by atoms with Crippen LogP contribution in [-0.4, -0.2) is 31.6 Å². The van der Waals surface area contributed by atoms with E-state index >= 15 is 0 Å². The number of hydrogen-bond donors (Lipinski definition) is 0. The van der Waals surface area contributed by atoms with Gasteiger partial charge in [0.2, 0.25) is 5.91 Å². The Bertz CT molecular complexity index is 760. The Morgan fingerprint density at radius 2 is 1.84 bits per heavy atom. The van der Waals surface area contributed by atoms with Crippen molar-refractivity contribution in [1.82, 2.24) is 0 Å². The molecular formula is C19H18ClNO4. The van der Waals surface area contributed by atoms with Gasteiger partial charge in [-0.3, -0.25) is 4.79 Å². The lowest BCUT2D eigenvalue weighted by molar-refractivity contribution is -0.117. The van der Waals surface area contributed by atoms with E-state index in [0.29, 0.717) is 35.0 Å². The Balaban J connectivity index is 1.56. The van der Waals surface area contributed by atoms with E-state index in [0.717, 1.165) is 6.42 Å². The molecule has 0 atom stereocenters. The van der Waals surface area contributed by atoms with Gasteiger partial charge >= 0.3 is 5.97 Å². The molecule has 0 saturated carbocycles. The second-order valence-electron chi connectivity index (χ2n) is 5.60. The summed E-state index contributed by atoms with van der Waals surface area (Å²) in [6, 6.07) is 14.0. The van der Waals surface area contributed by atoms with Gasteiger partial charge in [0, 0.05) is 18.0 Å². The Morgan fingerprint density at radius 3 is 2.56 bits per heavy atom. The summed E-state index contributed by atoms with van der Waals surface area (Å²) in [5, 5.41) is 0.631. The van der Waals surface area contributed by atoms with Crippen molar-refractivity contribution in [1.29, 1.82) is 0 Å². The Kier molecular flexibility index (Phi) is 5.56. The molecule has 25 heavy (non-hydrogen) atoms. The van der Waals surface area contributed by atoms with Gasteiger partial charge in [0.15, 0.2) is 0 Å². The molecule has 1 aliphatic rings. The summed E-state index contributed by atoms with van der Waals surface area (Å²) in [4.78, 5) is 25.9. The number of rotatable bonds is 6. The number of halogens is 1. The Hall–Kier alpha value is -2.53. The lowest BCUT2D eigenvalue weighted by atomic mass is 10.1. The highest BCUT2D eigenvalue weighted by atomic mass is 35.5. The van der Waals surface area contributed by atoms with E-state index < -0.39 is 5.97 Å². The molecule has 1 heterocycles. The molecule has 1 aliphatic heterocycles. The van der Waals surface area contributed by atoms with E-state index in [4.69, 9.17) is 21.1 Å². The van der Waals surface area contributed by atoms with Crippen LogP contribution in [0, 0.1) is 0 Å². The highest BCUT2D eigenvalue weighted by Gasteiger charge is 2.26. The first-order valence-electron chi connectivity index (χ1n) is 8.10. The normalized spacial score (nSPS) is 13.8. The molecule has 1 fully saturated rings. The number of benzene rings is 2. The molecule has 0 N–H and O–H groups in total. The van der Waals surface area contributed by atoms with Crippen molar-refractivity contribution in [3.63, 3.8) is 0 Å². The fourth-order valence-electron chi connectivity index (χ4n) is 2.69. The zero-order valence-electron chi connectivity index (χ0n) is 13.6. The van der Waals surface area contributed by atoms with E-state index in [-0.39, 0.29) is 19.1 Å². The first-order chi connectivity index (χ1) is 12.1. The second-order valence-corrected chi connectivity index (χ2v) is 6.04. The van der Waals surface area contributed by atoms with Gasteiger partial charge < -0.3 is 14.4 Å². The molecule has 6 heteroatoms. The molecule has 0 spiro atoms. The quantitative estimate of drug-likeness (QED) is 0.583. The third kappa shape index (κ3) is 4.31. The summed E-state index contributed by atoms with van der Waals surface area (Å²) in [5.74, 6) is 0.227. The number of carbonyl (C=O) groups is 2. The summed E-state index contributed by atoms with van der Waals surface area (Å²) in [5.41, 5.74) is 0.998. The van der Waals surface area contributed by atoms with Crippen LogP contribution in [0.1, 0.15) is 23.2 Å². The number of para-hydroxylation sites is 1. The molecule has 130 valence electrons. The van der Waals surface area contributed by atoms with Gasteiger partial charge in [0.05, 0.1) is 11.3 Å². The summed E-state index contributed by atoms with van der Waals surface area (Å²) in [7, 11) is 0. The van der Waals surface area contributed by atoms with Gasteiger partial charge in [-0.25, -0.2) is 4.79 Å². The van der Waals surface area contributed by atoms with Crippen LogP contribution in [0.25, 0.3) is 0 Å². The van der Waals surface area contributed by atoms with Crippen LogP contribution in [0.4, 0.5) is 5.69 Å². The van der Waals surface area contributed by atoms with Gasteiger partial charge in [0.25, 0.3) is 0 Å². The van der Waals surface area contributed by atoms with Gasteiger partial charge in [0.1, 0.15) is 19.0 Å². The maximum Gasteiger partial charge on any atom is 0.340 e. The van der Waals surface area contributed by atoms with Crippen molar-refractivity contribution in [2.75, 3.05) is 24.7 Å². The van der Waals surface area contributed by atoms with Crippen LogP contribution in [0.5, 0.6) is 5.75 Å². The smallest absolute Gasteiger partial charge is 0.340 e. The zero-order chi connectivity index (χ0) is 17.6. The lowest BCUT2D eigenvalue weighted by Crippen LogP contribution is -2.26. The van der Waals surface area contributed by atoms with Gasteiger partial charge in [-0.05, 0) is 42.8 Å². The van der Waals surface area contributed by atoms with E-state index in [9.17, 15) is 9.59 Å². The molecule has 5 nitrogen and oxygen atoms in total. The minimum Gasteiger partial charge on any atom is -0.490 e. The number of anilines is 1. The predicted molar refractivity (Wildman–Crippen MR) is 95.3 cm³/mol. The average molecular weight is 360 g/mol. The lowest BCUT2D eigenvalue weighted by Gasteiger charge is -2.18. The summed E-state index contributed by atoms with van der Waals surface area (Å²) >= 11 is 5.81. The van der Waals surface area contributed by atoms with Crippen molar-refractivity contribution in [3.8, 4) is 5.75 Å². The number of ether oxygens (including phenoxy) is 2. The van der Waals surface area contributed by atoms with Crippen molar-refractivity contribution < 1.29 is 19.1 Å². The summed E-state index contributed by atoms with van der Waals surface area (Å²) in [6.45, 7) is 0.977. The second kappa shape index (κ2) is 8.03. The Labute approximate surface area is 151 Å². The SMILES string of the molecule is O=C(OCCOc1ccc(Cl)cc1)c1ccccc1N1CCCC1=O. The first kappa shape index (κ1) is 17.3. The van der Waals surface area contributed by atoms with Gasteiger partial charge in [-0.2, -0.15) is 0 Å². The summed E-state index contributed by atoms with van der Waals surface area (Å²) in [6.07, 6.45) is 1.31. The molecule has 0 aromatic heterocycles. The molecule has 0 bridgehead atoms. The first-order valence-corrected chi connectivity index (χ1v) is 8.48. The molecule has 3 rings (SSSR count). The Morgan fingerprint density at radius 1 is 1.08 bits per heavy atom. The summed E-state index contributed by atoms with van der Waals surface area (Å²) < 4.78 is 10.8. The van der Waals surface area contributed by atoms with Crippen molar-refractivity contribution in [3.05, 3.63) is 59.1 Å². The molecule has 0 aliphatic carbocycles. The maximum atomic E-state index is 12.4. The third-order valence-electron chi connectivity index (χ3n) is 3.89. The van der Waals surface area contributed by atoms with Crippen molar-refractivity contribution in [2.24, 2.45) is 0 Å². The minimum atomic E-state index is -0.463. The highest BCUT2D eigenvalue weighted by Crippen LogP contribution is 2.26. The van der Waals surface area contributed by atoms with Crippen LogP contribution in [-0.2, 0) is 9.53 Å². The fraction of sp³-hybridized carbons (Fsp3) is 0.263.